The van der Waals surface area contributed by atoms with Crippen LogP contribution in [0.5, 0.6) is 0 Å². The lowest BCUT2D eigenvalue weighted by Gasteiger charge is -2.28. The molecule has 1 aromatic rings. The molecule has 0 aromatic heterocycles. The van der Waals surface area contributed by atoms with Crippen molar-refractivity contribution in [3.8, 4) is 0 Å². The molecule has 1 aliphatic heterocycles. The van der Waals surface area contributed by atoms with Gasteiger partial charge in [-0.25, -0.2) is 0 Å². The molecule has 2 atom stereocenters. The molecule has 0 bridgehead atoms. The van der Waals surface area contributed by atoms with E-state index in [0.29, 0.717) is 16.1 Å². The normalized spacial score (nSPS) is 26.6. The minimum absolute atomic E-state index is 0.441. The minimum atomic E-state index is 0.441. The Kier molecular flexibility index (Phi) is 3.55. The van der Waals surface area contributed by atoms with Crippen molar-refractivity contribution in [3.63, 3.8) is 0 Å². The molecule has 0 aliphatic carbocycles. The van der Waals surface area contributed by atoms with Crippen LogP contribution >= 0.6 is 23.2 Å². The monoisotopic (exact) mass is 243 g/mol. The number of nitrogens with one attached hydrogen (secondary N) is 1. The van der Waals surface area contributed by atoms with Crippen molar-refractivity contribution in [3.05, 3.63) is 33.8 Å². The van der Waals surface area contributed by atoms with E-state index in [9.17, 15) is 0 Å². The van der Waals surface area contributed by atoms with E-state index in [1.165, 1.54) is 18.4 Å². The molecule has 2 rings (SSSR count). The number of hydrogen-bond donors (Lipinski definition) is 1. The van der Waals surface area contributed by atoms with Gasteiger partial charge in [0.1, 0.15) is 0 Å². The molecule has 1 heterocycles. The summed E-state index contributed by atoms with van der Waals surface area (Å²) >= 11 is 11.9. The zero-order valence-corrected chi connectivity index (χ0v) is 10.3. The maximum absolute atomic E-state index is 6.00. The van der Waals surface area contributed by atoms with Crippen molar-refractivity contribution in [1.29, 1.82) is 0 Å². The van der Waals surface area contributed by atoms with E-state index in [4.69, 9.17) is 23.2 Å². The number of halogens is 2. The molecule has 0 saturated carbocycles. The van der Waals surface area contributed by atoms with Gasteiger partial charge in [-0.1, -0.05) is 36.2 Å². The number of hydrogen-bond acceptors (Lipinski definition) is 1. The summed E-state index contributed by atoms with van der Waals surface area (Å²) in [5.41, 5.74) is 1.25. The smallest absolute Gasteiger partial charge is 0.0595 e. The molecule has 0 unspecified atom stereocenters. The van der Waals surface area contributed by atoms with E-state index in [1.54, 1.807) is 0 Å². The summed E-state index contributed by atoms with van der Waals surface area (Å²) in [5, 5.41) is 4.81. The molecule has 3 heteroatoms. The Labute approximate surface area is 101 Å². The molecule has 82 valence electrons. The van der Waals surface area contributed by atoms with Crippen LogP contribution in [0.15, 0.2) is 18.2 Å². The van der Waals surface area contributed by atoms with Gasteiger partial charge in [0.25, 0.3) is 0 Å². The van der Waals surface area contributed by atoms with Crippen LogP contribution in [0.25, 0.3) is 0 Å². The Balaban J connectivity index is 2.12. The Morgan fingerprint density at radius 1 is 1.20 bits per heavy atom. The fourth-order valence-electron chi connectivity index (χ4n) is 2.01. The first-order valence-corrected chi connectivity index (χ1v) is 6.10. The summed E-state index contributed by atoms with van der Waals surface area (Å²) in [4.78, 5) is 0. The highest BCUT2D eigenvalue weighted by molar-refractivity contribution is 6.42. The maximum atomic E-state index is 6.00. The van der Waals surface area contributed by atoms with Gasteiger partial charge in [0.15, 0.2) is 0 Å². The van der Waals surface area contributed by atoms with Crippen molar-refractivity contribution >= 4 is 23.2 Å². The van der Waals surface area contributed by atoms with Gasteiger partial charge in [-0.15, -0.1) is 0 Å². The third kappa shape index (κ3) is 2.66. The molecular weight excluding hydrogens is 229 g/mol. The lowest BCUT2D eigenvalue weighted by atomic mass is 9.92. The maximum Gasteiger partial charge on any atom is 0.0595 e. The molecule has 0 spiro atoms. The van der Waals surface area contributed by atoms with Crippen LogP contribution in [0.4, 0.5) is 0 Å². The molecule has 1 aromatic carbocycles. The predicted octanol–water partition coefficient (Wildman–Crippen LogP) is 4.05. The Hall–Kier alpha value is -0.240. The van der Waals surface area contributed by atoms with Gasteiger partial charge >= 0.3 is 0 Å². The van der Waals surface area contributed by atoms with E-state index >= 15 is 0 Å². The number of rotatable bonds is 1. The fraction of sp³-hybridized carbons (Fsp3) is 0.500. The van der Waals surface area contributed by atoms with Gasteiger partial charge in [0.2, 0.25) is 0 Å². The van der Waals surface area contributed by atoms with Crippen LogP contribution in [0, 0.1) is 5.92 Å². The SMILES string of the molecule is C[C@@H]1CC[C@@H](c2ccc(Cl)c(Cl)c2)NC1. The molecule has 1 fully saturated rings. The standard InChI is InChI=1S/C12H15Cl2N/c1-8-2-5-12(15-7-8)9-3-4-10(13)11(14)6-9/h3-4,6,8,12,15H,2,5,7H2,1H3/t8-,12+/m1/s1. The summed E-state index contributed by atoms with van der Waals surface area (Å²) in [7, 11) is 0. The topological polar surface area (TPSA) is 12.0 Å². The summed E-state index contributed by atoms with van der Waals surface area (Å²) in [6.07, 6.45) is 2.46. The highest BCUT2D eigenvalue weighted by Crippen LogP contribution is 2.30. The molecule has 0 amide bonds. The van der Waals surface area contributed by atoms with Crippen molar-refractivity contribution in [2.24, 2.45) is 5.92 Å². The molecule has 1 aliphatic rings. The second-order valence-corrected chi connectivity index (χ2v) is 5.13. The predicted molar refractivity (Wildman–Crippen MR) is 65.6 cm³/mol. The summed E-state index contributed by atoms with van der Waals surface area (Å²) in [6, 6.07) is 6.34. The Bertz CT molecular complexity index is 343. The Morgan fingerprint density at radius 2 is 2.00 bits per heavy atom. The van der Waals surface area contributed by atoms with Crippen LogP contribution in [0.3, 0.4) is 0 Å². The quantitative estimate of drug-likeness (QED) is 0.785. The van der Waals surface area contributed by atoms with Gasteiger partial charge < -0.3 is 5.32 Å². The van der Waals surface area contributed by atoms with Crippen molar-refractivity contribution in [1.82, 2.24) is 5.32 Å². The summed E-state index contributed by atoms with van der Waals surface area (Å²) in [5.74, 6) is 0.782. The number of piperidine rings is 1. The van der Waals surface area contributed by atoms with Gasteiger partial charge in [0, 0.05) is 6.04 Å². The third-order valence-corrected chi connectivity index (χ3v) is 3.75. The van der Waals surface area contributed by atoms with Crippen LogP contribution in [-0.4, -0.2) is 6.54 Å². The zero-order valence-electron chi connectivity index (χ0n) is 8.76. The summed E-state index contributed by atoms with van der Waals surface area (Å²) in [6.45, 7) is 3.36. The van der Waals surface area contributed by atoms with Gasteiger partial charge in [-0.2, -0.15) is 0 Å². The van der Waals surface area contributed by atoms with Crippen LogP contribution in [-0.2, 0) is 0 Å². The largest absolute Gasteiger partial charge is 0.310 e. The Morgan fingerprint density at radius 3 is 2.60 bits per heavy atom. The van der Waals surface area contributed by atoms with E-state index in [0.717, 1.165) is 12.5 Å². The molecular formula is C12H15Cl2N. The second-order valence-electron chi connectivity index (χ2n) is 4.32. The molecule has 0 radical (unpaired) electrons. The van der Waals surface area contributed by atoms with E-state index < -0.39 is 0 Å². The average Bonchev–Trinajstić information content (AvgIpc) is 2.23. The van der Waals surface area contributed by atoms with Crippen molar-refractivity contribution < 1.29 is 0 Å². The first kappa shape index (κ1) is 11.3. The lowest BCUT2D eigenvalue weighted by molar-refractivity contribution is 0.333. The summed E-state index contributed by atoms with van der Waals surface area (Å²) < 4.78 is 0. The molecule has 1 N–H and O–H groups in total. The molecule has 15 heavy (non-hydrogen) atoms. The van der Waals surface area contributed by atoms with Gasteiger partial charge in [-0.3, -0.25) is 0 Å². The van der Waals surface area contributed by atoms with Crippen molar-refractivity contribution in [2.75, 3.05) is 6.54 Å². The highest BCUT2D eigenvalue weighted by Gasteiger charge is 2.19. The van der Waals surface area contributed by atoms with Crippen LogP contribution in [0.1, 0.15) is 31.4 Å². The first-order chi connectivity index (χ1) is 7.16. The minimum Gasteiger partial charge on any atom is -0.310 e. The van der Waals surface area contributed by atoms with Gasteiger partial charge in [-0.05, 0) is 43.0 Å². The second kappa shape index (κ2) is 4.73. The fourth-order valence-corrected chi connectivity index (χ4v) is 2.32. The van der Waals surface area contributed by atoms with E-state index in [-0.39, 0.29) is 0 Å². The third-order valence-electron chi connectivity index (χ3n) is 3.01. The number of benzene rings is 1. The molecule has 1 nitrogen and oxygen atoms in total. The lowest BCUT2D eigenvalue weighted by Crippen LogP contribution is -2.31. The van der Waals surface area contributed by atoms with E-state index in [1.807, 2.05) is 12.1 Å². The highest BCUT2D eigenvalue weighted by atomic mass is 35.5. The van der Waals surface area contributed by atoms with Crippen LogP contribution in [0.2, 0.25) is 10.0 Å². The van der Waals surface area contributed by atoms with Crippen molar-refractivity contribution in [2.45, 2.75) is 25.8 Å². The van der Waals surface area contributed by atoms with Gasteiger partial charge in [0.05, 0.1) is 10.0 Å². The zero-order chi connectivity index (χ0) is 10.8. The first-order valence-electron chi connectivity index (χ1n) is 5.35. The van der Waals surface area contributed by atoms with Crippen LogP contribution < -0.4 is 5.32 Å². The average molecular weight is 244 g/mol. The molecule has 1 saturated heterocycles. The van der Waals surface area contributed by atoms with E-state index in [2.05, 4.69) is 18.3 Å².